The third-order valence-electron chi connectivity index (χ3n) is 6.66. The molecular formula is C29H23F3N2O7S2. The maximum Gasteiger partial charge on any atom is 0.534 e. The second-order valence-electron chi connectivity index (χ2n) is 9.54. The molecular weight excluding hydrogens is 609 g/mol. The minimum Gasteiger partial charge on any atom is -0.451 e. The molecule has 0 saturated carbocycles. The number of hydrogen-bond donors (Lipinski definition) is 1. The summed E-state index contributed by atoms with van der Waals surface area (Å²) in [6, 6.07) is 23.2. The molecule has 2 amide bonds. The van der Waals surface area contributed by atoms with Crippen molar-refractivity contribution in [2.75, 3.05) is 0 Å². The van der Waals surface area contributed by atoms with Crippen LogP contribution in [0.25, 0.3) is 0 Å². The second kappa shape index (κ2) is 11.8. The summed E-state index contributed by atoms with van der Waals surface area (Å²) in [5.74, 6) is -4.67. The molecule has 2 aliphatic rings. The standard InChI is InChI=1S/C29H23F3N2O7S2/c1-17(35)33-25-24(41-43(38,39)29(30,31)32)22(34-26(36)21(27(34)42-25)18-11-5-2-6-12-18)28(37)40-23(19-13-7-3-8-14-19)20-15-9-4-10-16-20/h2-16,21-23,27H,1H3,(H,33,35)/t21?,22?,27-/m1/s1. The fraction of sp³-hybridized carbons (Fsp3) is 0.207. The largest absolute Gasteiger partial charge is 0.534 e. The maximum atomic E-state index is 14.0. The predicted octanol–water partition coefficient (Wildman–Crippen LogP) is 4.56. The van der Waals surface area contributed by atoms with E-state index in [-0.39, 0.29) is 0 Å². The number of fused-ring (bicyclic) bond motifs is 1. The van der Waals surface area contributed by atoms with Crippen LogP contribution in [0, 0.1) is 0 Å². The lowest BCUT2D eigenvalue weighted by Crippen LogP contribution is -2.66. The van der Waals surface area contributed by atoms with Gasteiger partial charge in [0.05, 0.1) is 5.92 Å². The van der Waals surface area contributed by atoms with E-state index in [1.165, 1.54) is 0 Å². The zero-order chi connectivity index (χ0) is 30.9. The molecule has 14 heteroatoms. The van der Waals surface area contributed by atoms with Gasteiger partial charge in [-0.05, 0) is 16.7 Å². The fourth-order valence-electron chi connectivity index (χ4n) is 4.77. The van der Waals surface area contributed by atoms with Gasteiger partial charge in [0, 0.05) is 6.92 Å². The SMILES string of the molecule is CC(=O)NC1=C(OS(=O)(=O)C(F)(F)F)C(C(=O)OC(c2ccccc2)c2ccccc2)N2C(=O)C(c3ccccc3)[C@H]2S1. The topological polar surface area (TPSA) is 119 Å². The molecule has 0 aromatic heterocycles. The number of amides is 2. The number of nitrogens with zero attached hydrogens (tertiary/aromatic N) is 1. The monoisotopic (exact) mass is 632 g/mol. The van der Waals surface area contributed by atoms with Crippen LogP contribution in [0.1, 0.15) is 35.6 Å². The predicted molar refractivity (Wildman–Crippen MR) is 149 cm³/mol. The Hall–Kier alpha value is -4.30. The van der Waals surface area contributed by atoms with Gasteiger partial charge in [-0.15, -0.1) is 0 Å². The molecule has 9 nitrogen and oxygen atoms in total. The molecule has 43 heavy (non-hydrogen) atoms. The van der Waals surface area contributed by atoms with Crippen LogP contribution in [0.5, 0.6) is 0 Å². The van der Waals surface area contributed by atoms with Crippen molar-refractivity contribution in [3.8, 4) is 0 Å². The minimum atomic E-state index is -6.33. The number of carbonyl (C=O) groups is 3. The zero-order valence-corrected chi connectivity index (χ0v) is 23.9. The molecule has 2 aliphatic heterocycles. The van der Waals surface area contributed by atoms with Gasteiger partial charge in [-0.25, -0.2) is 4.79 Å². The number of halogens is 3. The number of benzene rings is 3. The van der Waals surface area contributed by atoms with Gasteiger partial charge in [0.2, 0.25) is 11.8 Å². The Labute approximate surface area is 248 Å². The lowest BCUT2D eigenvalue weighted by Gasteiger charge is -2.52. The highest BCUT2D eigenvalue weighted by Crippen LogP contribution is 2.51. The molecule has 3 aromatic carbocycles. The van der Waals surface area contributed by atoms with E-state index in [0.717, 1.165) is 11.8 Å². The average Bonchev–Trinajstić information content (AvgIpc) is 2.97. The minimum absolute atomic E-state index is 0.465. The van der Waals surface area contributed by atoms with Gasteiger partial charge >= 0.3 is 21.6 Å². The number of hydrogen-bond acceptors (Lipinski definition) is 8. The Morgan fingerprint density at radius 2 is 1.42 bits per heavy atom. The lowest BCUT2D eigenvalue weighted by atomic mass is 9.87. The van der Waals surface area contributed by atoms with Crippen LogP contribution in [-0.4, -0.2) is 48.0 Å². The van der Waals surface area contributed by atoms with Gasteiger partial charge in [-0.1, -0.05) is 103 Å². The number of carbonyl (C=O) groups excluding carboxylic acids is 3. The number of rotatable bonds is 8. The molecule has 0 radical (unpaired) electrons. The smallest absolute Gasteiger partial charge is 0.451 e. The summed E-state index contributed by atoms with van der Waals surface area (Å²) >= 11 is 0.697. The van der Waals surface area contributed by atoms with Crippen LogP contribution < -0.4 is 5.32 Å². The summed E-state index contributed by atoms with van der Waals surface area (Å²) in [6.45, 7) is 1.05. The van der Waals surface area contributed by atoms with Crippen LogP contribution in [-0.2, 0) is 33.4 Å². The molecule has 1 N–H and O–H groups in total. The van der Waals surface area contributed by atoms with E-state index >= 15 is 0 Å². The Bertz CT molecular complexity index is 1630. The first-order chi connectivity index (χ1) is 20.4. The van der Waals surface area contributed by atoms with Crippen LogP contribution in [0.4, 0.5) is 13.2 Å². The molecule has 0 aliphatic carbocycles. The van der Waals surface area contributed by atoms with Crippen molar-refractivity contribution in [3.05, 3.63) is 118 Å². The number of thioether (sulfide) groups is 1. The van der Waals surface area contributed by atoms with Crippen molar-refractivity contribution in [1.82, 2.24) is 10.2 Å². The molecule has 5 rings (SSSR count). The first-order valence-electron chi connectivity index (χ1n) is 12.8. The molecule has 3 atom stereocenters. The highest BCUT2D eigenvalue weighted by molar-refractivity contribution is 8.03. The summed E-state index contributed by atoms with van der Waals surface area (Å²) < 4.78 is 75.2. The summed E-state index contributed by atoms with van der Waals surface area (Å²) in [6.07, 6.45) is -1.09. The summed E-state index contributed by atoms with van der Waals surface area (Å²) in [5.41, 5.74) is -4.33. The quantitative estimate of drug-likeness (QED) is 0.166. The van der Waals surface area contributed by atoms with Crippen LogP contribution in [0.15, 0.2) is 102 Å². The van der Waals surface area contributed by atoms with Crippen LogP contribution >= 0.6 is 11.8 Å². The van der Waals surface area contributed by atoms with Crippen molar-refractivity contribution >= 4 is 39.7 Å². The Kier molecular flexibility index (Phi) is 8.25. The zero-order valence-electron chi connectivity index (χ0n) is 22.2. The molecule has 2 heterocycles. The Balaban J connectivity index is 1.62. The first-order valence-corrected chi connectivity index (χ1v) is 15.0. The lowest BCUT2D eigenvalue weighted by molar-refractivity contribution is -0.165. The fourth-order valence-corrected chi connectivity index (χ4v) is 6.79. The van der Waals surface area contributed by atoms with E-state index in [9.17, 15) is 36.0 Å². The van der Waals surface area contributed by atoms with Gasteiger partial charge in [-0.2, -0.15) is 21.6 Å². The first kappa shape index (κ1) is 30.2. The molecule has 0 bridgehead atoms. The third-order valence-corrected chi connectivity index (χ3v) is 8.91. The number of esters is 1. The van der Waals surface area contributed by atoms with Crippen molar-refractivity contribution in [2.24, 2.45) is 0 Å². The summed E-state index contributed by atoms with van der Waals surface area (Å²) in [5, 5.41) is 0.901. The van der Waals surface area contributed by atoms with Crippen molar-refractivity contribution in [1.29, 1.82) is 0 Å². The molecule has 1 fully saturated rings. The number of β-lactam (4-membered cyclic amide) rings is 1. The van der Waals surface area contributed by atoms with Crippen LogP contribution in [0.2, 0.25) is 0 Å². The van der Waals surface area contributed by atoms with Crippen molar-refractivity contribution in [2.45, 2.75) is 35.9 Å². The summed E-state index contributed by atoms with van der Waals surface area (Å²) in [4.78, 5) is 40.5. The van der Waals surface area contributed by atoms with Gasteiger partial charge in [-0.3, -0.25) is 9.59 Å². The van der Waals surface area contributed by atoms with Gasteiger partial charge in [0.25, 0.3) is 0 Å². The van der Waals surface area contributed by atoms with E-state index in [1.54, 1.807) is 91.0 Å². The number of ether oxygens (including phenoxy) is 1. The normalized spacial score (nSPS) is 20.3. The Morgan fingerprint density at radius 3 is 1.91 bits per heavy atom. The van der Waals surface area contributed by atoms with E-state index in [2.05, 4.69) is 9.50 Å². The average molecular weight is 633 g/mol. The molecule has 0 spiro atoms. The molecule has 3 aromatic rings. The van der Waals surface area contributed by atoms with E-state index in [1.807, 2.05) is 0 Å². The van der Waals surface area contributed by atoms with Crippen LogP contribution in [0.3, 0.4) is 0 Å². The second-order valence-corrected chi connectivity index (χ2v) is 12.2. The molecule has 2 unspecified atom stereocenters. The number of nitrogens with one attached hydrogen (secondary N) is 1. The molecule has 1 saturated heterocycles. The van der Waals surface area contributed by atoms with E-state index in [4.69, 9.17) is 4.74 Å². The highest BCUT2D eigenvalue weighted by atomic mass is 32.2. The van der Waals surface area contributed by atoms with Gasteiger partial charge < -0.3 is 19.1 Å². The Morgan fingerprint density at radius 1 is 0.907 bits per heavy atom. The highest BCUT2D eigenvalue weighted by Gasteiger charge is 2.61. The van der Waals surface area contributed by atoms with Crippen molar-refractivity contribution in [3.63, 3.8) is 0 Å². The van der Waals surface area contributed by atoms with Gasteiger partial charge in [0.1, 0.15) is 10.4 Å². The van der Waals surface area contributed by atoms with Crippen molar-refractivity contribution < 1.29 is 44.9 Å². The molecule has 224 valence electrons. The summed E-state index contributed by atoms with van der Waals surface area (Å²) in [7, 11) is -6.33. The van der Waals surface area contributed by atoms with Gasteiger partial charge in [0.15, 0.2) is 17.9 Å². The van der Waals surface area contributed by atoms with E-state index in [0.29, 0.717) is 28.5 Å². The van der Waals surface area contributed by atoms with E-state index < -0.39 is 67.6 Å². The number of alkyl halides is 3. The third kappa shape index (κ3) is 5.97. The maximum absolute atomic E-state index is 14.0.